The Hall–Kier alpha value is -7.62. The number of hydrogen-bond acceptors (Lipinski definition) is 20. The van der Waals surface area contributed by atoms with Gasteiger partial charge in [-0.1, -0.05) is 146 Å². The molecule has 0 saturated carbocycles. The van der Waals surface area contributed by atoms with Crippen LogP contribution in [0.25, 0.3) is 0 Å². The van der Waals surface area contributed by atoms with Crippen LogP contribution in [-0.4, -0.2) is 121 Å². The van der Waals surface area contributed by atoms with Crippen molar-refractivity contribution in [2.24, 2.45) is 0 Å². The van der Waals surface area contributed by atoms with E-state index in [1.807, 2.05) is 0 Å². The van der Waals surface area contributed by atoms with E-state index in [4.69, 9.17) is 49.4 Å². The summed E-state index contributed by atoms with van der Waals surface area (Å²) in [6.07, 6.45) is 4.65. The molecule has 28 heteroatoms. The van der Waals surface area contributed by atoms with Crippen LogP contribution in [0.1, 0.15) is 82.9 Å². The Balaban J connectivity index is 1.31. The molecule has 0 aromatic heterocycles. The van der Waals surface area contributed by atoms with Crippen molar-refractivity contribution in [1.82, 2.24) is 0 Å². The van der Waals surface area contributed by atoms with Gasteiger partial charge in [-0.25, -0.2) is 0 Å². The van der Waals surface area contributed by atoms with E-state index in [0.717, 1.165) is 0 Å². The molecule has 0 unspecified atom stereocenters. The Labute approximate surface area is 485 Å². The van der Waals surface area contributed by atoms with E-state index in [1.54, 1.807) is 97.1 Å². The van der Waals surface area contributed by atoms with Gasteiger partial charge >= 0.3 is 70.4 Å². The van der Waals surface area contributed by atoms with Crippen LogP contribution in [-0.2, 0) is 49.4 Å². The molecule has 6 fully saturated rings. The van der Waals surface area contributed by atoms with E-state index >= 15 is 0 Å². The molecule has 6 aliphatic heterocycles. The van der Waals surface area contributed by atoms with Crippen molar-refractivity contribution in [3.8, 4) is 0 Å². The highest BCUT2D eigenvalue weighted by Gasteiger charge is 2.86. The molecule has 8 aromatic carbocycles. The lowest BCUT2D eigenvalue weighted by molar-refractivity contribution is -0.00313. The normalized spacial score (nSPS) is 29.1. The van der Waals surface area contributed by atoms with E-state index < -0.39 is 70.4 Å². The third-order valence-corrected chi connectivity index (χ3v) is 48.2. The second-order valence-corrected chi connectivity index (χ2v) is 42.9. The van der Waals surface area contributed by atoms with E-state index in [1.165, 1.54) is 97.1 Å². The van der Waals surface area contributed by atoms with Gasteiger partial charge in [0.15, 0.2) is 0 Å². The van der Waals surface area contributed by atoms with Gasteiger partial charge < -0.3 is 49.4 Å². The van der Waals surface area contributed by atoms with Crippen LogP contribution in [0.5, 0.6) is 0 Å². The minimum Gasteiger partial charge on any atom is -0.366 e. The molecule has 8 aromatic rings. The van der Waals surface area contributed by atoms with E-state index in [-0.39, 0.29) is 86.0 Å². The summed E-state index contributed by atoms with van der Waals surface area (Å²) in [5.41, 5.74) is 0.676. The number of benzene rings is 8. The topological polar surface area (TPSA) is 247 Å². The smallest absolute Gasteiger partial charge is 0.366 e. The van der Waals surface area contributed by atoms with Crippen molar-refractivity contribution < 1.29 is 87.7 Å². The Morgan fingerprint density at radius 1 is 0.179 bits per heavy atom. The molecule has 416 valence electrons. The quantitative estimate of drug-likeness (QED) is 0.0983. The largest absolute Gasteiger partial charge is 0.515 e. The second kappa shape index (κ2) is 21.2. The third-order valence-electron chi connectivity index (χ3n) is 14.2. The van der Waals surface area contributed by atoms with Crippen molar-refractivity contribution in [2.45, 2.75) is 0 Å². The van der Waals surface area contributed by atoms with Gasteiger partial charge in [0.2, 0.25) is 0 Å². The predicted octanol–water partition coefficient (Wildman–Crippen LogP) is 1.52. The van der Waals surface area contributed by atoms with Gasteiger partial charge in [0.05, 0.1) is 0 Å². The molecule has 84 heavy (non-hydrogen) atoms. The van der Waals surface area contributed by atoms with Crippen LogP contribution in [0.3, 0.4) is 0 Å². The fourth-order valence-electron chi connectivity index (χ4n) is 10.5. The molecule has 0 atom stereocenters. The van der Waals surface area contributed by atoms with Crippen molar-refractivity contribution in [1.29, 1.82) is 0 Å². The van der Waals surface area contributed by atoms with Crippen LogP contribution in [0.4, 0.5) is 0 Å². The standard InChI is InChI=1S/C56H40O20Si8/c57-33-41-9-1-17-49(25-41)77-65-78(50-18-2-10-42(26-50)34-58)68-81(53-21-5-13-45(29-53)37-61)70-79(66-77,51-19-3-11-43(27-51)35-59)72-83(55-23-7-15-47(31-55)39-63)73-80(67-77,52-20-4-12-44(28-52)36-60)71-82(69-78,54-22-6-14-46(30-54)38-62)75-84(74-81,76-83)56-24-8-16-48(32-56)40-64/h1-40H. The highest BCUT2D eigenvalue weighted by molar-refractivity contribution is 7.14. The lowest BCUT2D eigenvalue weighted by atomic mass is 10.2. The zero-order valence-corrected chi connectivity index (χ0v) is 51.3. The molecule has 20 nitrogen and oxygen atoms in total. The van der Waals surface area contributed by atoms with Crippen molar-refractivity contribution in [3.63, 3.8) is 0 Å². The first-order valence-electron chi connectivity index (χ1n) is 25.7. The molecule has 14 rings (SSSR count). The van der Waals surface area contributed by atoms with Gasteiger partial charge in [0, 0.05) is 86.0 Å². The Morgan fingerprint density at radius 2 is 0.286 bits per heavy atom. The molecule has 0 spiro atoms. The van der Waals surface area contributed by atoms with Crippen LogP contribution in [0.15, 0.2) is 194 Å². The molecule has 6 saturated heterocycles. The average Bonchev–Trinajstić information content (AvgIpc) is 0.678. The first-order chi connectivity index (χ1) is 40.8. The van der Waals surface area contributed by atoms with Gasteiger partial charge in [-0.2, -0.15) is 0 Å². The van der Waals surface area contributed by atoms with E-state index in [9.17, 15) is 38.4 Å². The molecule has 0 radical (unpaired) electrons. The summed E-state index contributed by atoms with van der Waals surface area (Å²) >= 11 is 0. The monoisotopic (exact) mass is 1260 g/mol. The highest BCUT2D eigenvalue weighted by Crippen LogP contribution is 2.49. The number of hydrogen-bond donors (Lipinski definition) is 0. The first-order valence-corrected chi connectivity index (χ1v) is 39.5. The number of carbonyl (C=O) groups is 8. The average molecular weight is 1260 g/mol. The summed E-state index contributed by atoms with van der Waals surface area (Å²) in [6.45, 7) is 0. The maximum atomic E-state index is 13.1. The van der Waals surface area contributed by atoms with Gasteiger partial charge in [-0.05, 0) is 48.5 Å². The Bertz CT molecular complexity index is 3230. The van der Waals surface area contributed by atoms with Crippen molar-refractivity contribution in [2.75, 3.05) is 0 Å². The molecule has 0 N–H and O–H groups in total. The fourth-order valence-corrected chi connectivity index (χ4v) is 56.9. The summed E-state index contributed by atoms with van der Waals surface area (Å²) in [5, 5.41) is 0.160. The second-order valence-electron chi connectivity index (χ2n) is 19.6. The zero-order chi connectivity index (χ0) is 58.0. The number of aldehydes is 8. The van der Waals surface area contributed by atoms with E-state index in [2.05, 4.69) is 0 Å². The van der Waals surface area contributed by atoms with Gasteiger partial charge in [-0.15, -0.1) is 0 Å². The summed E-state index contributed by atoms with van der Waals surface area (Å²) in [5.74, 6) is 0. The van der Waals surface area contributed by atoms with Crippen molar-refractivity contribution in [3.05, 3.63) is 239 Å². The summed E-state index contributed by atoms with van der Waals surface area (Å²) in [7, 11) is -44.5. The molecule has 6 heterocycles. The lowest BCUT2D eigenvalue weighted by Gasteiger charge is -2.62. The number of carbonyl (C=O) groups excluding carboxylic acids is 8. The third kappa shape index (κ3) is 9.22. The first kappa shape index (κ1) is 55.6. The maximum Gasteiger partial charge on any atom is 0.515 e. The zero-order valence-electron chi connectivity index (χ0n) is 43.3. The molecule has 0 amide bonds. The molecule has 0 aliphatic carbocycles. The van der Waals surface area contributed by atoms with Gasteiger partial charge in [-0.3, -0.25) is 38.4 Å². The Kier molecular flexibility index (Phi) is 14.0. The Morgan fingerprint density at radius 3 is 0.381 bits per heavy atom. The molecule has 8 bridgehead atoms. The molecular formula is C56H40O20Si8. The van der Waals surface area contributed by atoms with Crippen LogP contribution < -0.4 is 41.5 Å². The summed E-state index contributed by atoms with van der Waals surface area (Å²) in [4.78, 5) is 105. The molecular weight excluding hydrogens is 1220 g/mol. The fraction of sp³-hybridized carbons (Fsp3) is 0. The van der Waals surface area contributed by atoms with Crippen LogP contribution in [0, 0.1) is 0 Å². The van der Waals surface area contributed by atoms with Crippen LogP contribution >= 0.6 is 0 Å². The number of rotatable bonds is 16. The van der Waals surface area contributed by atoms with E-state index in [0.29, 0.717) is 50.3 Å². The highest BCUT2D eigenvalue weighted by atomic mass is 28.6. The van der Waals surface area contributed by atoms with Crippen molar-refractivity contribution >= 4 is 162 Å². The minimum atomic E-state index is -5.56. The minimum absolute atomic E-state index is 0.0200. The molecule has 6 aliphatic rings. The van der Waals surface area contributed by atoms with Gasteiger partial charge in [0.25, 0.3) is 0 Å². The predicted molar refractivity (Wildman–Crippen MR) is 311 cm³/mol. The SMILES string of the molecule is O=Cc1cccc([Si]23O[Si]4(c5cccc(C=O)c5)O[Si]5(c6cccc(C=O)c6)O[Si](c6cccc(C=O)c6)(O2)O[Si]2(c6cccc(C=O)c6)O[Si](c6cccc(C=O)c6)(O3)O[Si](c3cccc(C=O)c3)(O4)O[Si](c3cccc(C=O)c3)(O5)O2)c1. The summed E-state index contributed by atoms with van der Waals surface area (Å²) < 4.78 is 96.0. The van der Waals surface area contributed by atoms with Crippen LogP contribution in [0.2, 0.25) is 0 Å². The van der Waals surface area contributed by atoms with Gasteiger partial charge in [0.1, 0.15) is 50.3 Å². The lowest BCUT2D eigenvalue weighted by Crippen LogP contribution is -2.96. The maximum absolute atomic E-state index is 13.1. The summed E-state index contributed by atoms with van der Waals surface area (Å²) in [6, 6.07) is 48.5.